The van der Waals surface area contributed by atoms with E-state index in [2.05, 4.69) is 148 Å². The van der Waals surface area contributed by atoms with Crippen molar-refractivity contribution >= 4 is 44.7 Å². The lowest BCUT2D eigenvalue weighted by Crippen LogP contribution is -2.68. The molecule has 272 valence electrons. The van der Waals surface area contributed by atoms with E-state index < -0.39 is 22.6 Å². The minimum absolute atomic E-state index is 0.0708. The molecule has 8 heteroatoms. The molecule has 0 bridgehead atoms. The normalized spacial score (nSPS) is 15.2. The van der Waals surface area contributed by atoms with Crippen LogP contribution in [0.15, 0.2) is 95.6 Å². The fraction of sp³-hybridized carbons (Fsp3) is 0.537. The van der Waals surface area contributed by atoms with E-state index in [1.165, 1.54) is 21.5 Å². The molecule has 0 N–H and O–H groups in total. The SMILES string of the molecule is CC=C(C)CCC=C(C)C(CC(CC=C(C)C(=O)OO[Si](C)(C)C(C)(C)C)OCSC)O[Si](c1ccccc1)(c1ccccc1)C(C)(C)C. The molecule has 0 amide bonds. The van der Waals surface area contributed by atoms with Crippen molar-refractivity contribution in [2.45, 2.75) is 130 Å². The summed E-state index contributed by atoms with van der Waals surface area (Å²) in [5.41, 5.74) is 3.09. The van der Waals surface area contributed by atoms with E-state index in [9.17, 15) is 4.79 Å². The van der Waals surface area contributed by atoms with Gasteiger partial charge in [0.15, 0.2) is 0 Å². The Morgan fingerprint density at radius 1 is 0.857 bits per heavy atom. The maximum atomic E-state index is 13.0. The first-order valence-electron chi connectivity index (χ1n) is 17.6. The van der Waals surface area contributed by atoms with Gasteiger partial charge in [-0.15, -0.1) is 11.8 Å². The highest BCUT2D eigenvalue weighted by Gasteiger charge is 2.51. The Bertz CT molecular complexity index is 1350. The van der Waals surface area contributed by atoms with Crippen LogP contribution in [0.25, 0.3) is 0 Å². The standard InChI is InChI=1S/C41H64O5SSi2/c1-14-32(2)22-21-23-33(3)38(45-49(41(8,9)10,36-24-17-15-18-25-36)37-26-19-16-20-27-37)30-35(43-31-47-11)29-28-34(4)39(42)44-46-48(12,13)40(5,6)7/h14-20,23-28,35,38H,21-22,29-31H2,1-13H3. The van der Waals surface area contributed by atoms with E-state index in [0.717, 1.165) is 12.8 Å². The second-order valence-corrected chi connectivity index (χ2v) is 25.4. The molecule has 0 aliphatic heterocycles. The number of carbonyl (C=O) groups excluding carboxylic acids is 1. The van der Waals surface area contributed by atoms with Gasteiger partial charge >= 0.3 is 5.97 Å². The molecule has 0 fully saturated rings. The van der Waals surface area contributed by atoms with Crippen LogP contribution in [0.2, 0.25) is 23.2 Å². The number of ether oxygens (including phenoxy) is 1. The molecule has 2 unspecified atom stereocenters. The molecule has 2 rings (SSSR count). The van der Waals surface area contributed by atoms with Gasteiger partial charge in [0.2, 0.25) is 0 Å². The van der Waals surface area contributed by atoms with E-state index in [4.69, 9.17) is 18.6 Å². The molecule has 0 spiro atoms. The lowest BCUT2D eigenvalue weighted by molar-refractivity contribution is -0.216. The zero-order valence-electron chi connectivity index (χ0n) is 32.6. The van der Waals surface area contributed by atoms with Crippen LogP contribution in [0.3, 0.4) is 0 Å². The first-order chi connectivity index (χ1) is 22.9. The molecule has 0 saturated heterocycles. The zero-order valence-corrected chi connectivity index (χ0v) is 35.5. The molecule has 0 radical (unpaired) electrons. The summed E-state index contributed by atoms with van der Waals surface area (Å²) in [5.74, 6) is 0.0926. The van der Waals surface area contributed by atoms with Gasteiger partial charge in [0.05, 0.1) is 18.1 Å². The van der Waals surface area contributed by atoms with Crippen LogP contribution in [0.5, 0.6) is 0 Å². The largest absolute Gasteiger partial charge is 0.401 e. The molecular formula is C41H64O5SSi2. The smallest absolute Gasteiger partial charge is 0.367 e. The average Bonchev–Trinajstić information content (AvgIpc) is 3.05. The predicted octanol–water partition coefficient (Wildman–Crippen LogP) is 10.5. The molecule has 0 saturated carbocycles. The van der Waals surface area contributed by atoms with Gasteiger partial charge in [0.25, 0.3) is 16.6 Å². The first kappa shape index (κ1) is 43.0. The Morgan fingerprint density at radius 3 is 1.88 bits per heavy atom. The van der Waals surface area contributed by atoms with Gasteiger partial charge in [-0.05, 0) is 92.3 Å². The number of hydrogen-bond donors (Lipinski definition) is 0. The molecule has 2 aromatic carbocycles. The van der Waals surface area contributed by atoms with Crippen molar-refractivity contribution in [1.29, 1.82) is 0 Å². The van der Waals surface area contributed by atoms with Crippen LogP contribution < -0.4 is 10.4 Å². The van der Waals surface area contributed by atoms with Gasteiger partial charge < -0.3 is 14.1 Å². The van der Waals surface area contributed by atoms with Gasteiger partial charge in [-0.1, -0.05) is 126 Å². The molecule has 49 heavy (non-hydrogen) atoms. The van der Waals surface area contributed by atoms with E-state index in [1.807, 2.05) is 12.3 Å². The van der Waals surface area contributed by atoms with Crippen molar-refractivity contribution in [1.82, 2.24) is 0 Å². The lowest BCUT2D eigenvalue weighted by atomic mass is 10.00. The van der Waals surface area contributed by atoms with Crippen LogP contribution >= 0.6 is 11.8 Å². The van der Waals surface area contributed by atoms with Crippen molar-refractivity contribution in [2.24, 2.45) is 0 Å². The third-order valence-electron chi connectivity index (χ3n) is 9.78. The van der Waals surface area contributed by atoms with Crippen LogP contribution in [-0.4, -0.2) is 47.0 Å². The van der Waals surface area contributed by atoms with E-state index in [0.29, 0.717) is 24.4 Å². The number of allylic oxidation sites excluding steroid dienone is 3. The van der Waals surface area contributed by atoms with Crippen molar-refractivity contribution in [3.05, 3.63) is 95.6 Å². The van der Waals surface area contributed by atoms with Crippen molar-refractivity contribution < 1.29 is 23.4 Å². The topological polar surface area (TPSA) is 54.0 Å². The molecule has 5 nitrogen and oxygen atoms in total. The Kier molecular flexibility index (Phi) is 17.0. The predicted molar refractivity (Wildman–Crippen MR) is 216 cm³/mol. The summed E-state index contributed by atoms with van der Waals surface area (Å²) in [6.45, 7) is 25.7. The third-order valence-corrected chi connectivity index (χ3v) is 19.3. The zero-order chi connectivity index (χ0) is 36.9. The fourth-order valence-electron chi connectivity index (χ4n) is 5.39. The number of thioether (sulfide) groups is 1. The summed E-state index contributed by atoms with van der Waals surface area (Å²) >= 11 is 1.65. The quantitative estimate of drug-likeness (QED) is 0.0381. The maximum absolute atomic E-state index is 13.0. The Labute approximate surface area is 305 Å². The Balaban J connectivity index is 2.57. The van der Waals surface area contributed by atoms with Crippen molar-refractivity contribution in [2.75, 3.05) is 12.2 Å². The minimum atomic E-state index is -2.86. The fourth-order valence-corrected chi connectivity index (χ4v) is 11.0. The molecule has 0 aliphatic rings. The highest BCUT2D eigenvalue weighted by atomic mass is 32.2. The van der Waals surface area contributed by atoms with Gasteiger partial charge in [-0.3, -0.25) is 0 Å². The maximum Gasteiger partial charge on any atom is 0.367 e. The van der Waals surface area contributed by atoms with Crippen LogP contribution in [0, 0.1) is 0 Å². The first-order valence-corrected chi connectivity index (χ1v) is 23.8. The van der Waals surface area contributed by atoms with Gasteiger partial charge in [0, 0.05) is 12.0 Å². The molecule has 2 atom stereocenters. The molecule has 0 heterocycles. The molecule has 0 aromatic heterocycles. The third kappa shape index (κ3) is 12.5. The molecule has 0 aliphatic carbocycles. The number of carbonyl (C=O) groups is 1. The number of benzene rings is 2. The van der Waals surface area contributed by atoms with Crippen LogP contribution in [-0.2, 0) is 23.4 Å². The summed E-state index contributed by atoms with van der Waals surface area (Å²) in [7, 11) is -5.11. The Hall–Kier alpha value is -2.21. The summed E-state index contributed by atoms with van der Waals surface area (Å²) in [6.07, 6.45) is 11.3. The van der Waals surface area contributed by atoms with Gasteiger partial charge in [-0.2, -0.15) is 0 Å². The van der Waals surface area contributed by atoms with Gasteiger partial charge in [0.1, 0.15) is 0 Å². The van der Waals surface area contributed by atoms with Crippen LogP contribution in [0.1, 0.15) is 94.9 Å². The lowest BCUT2D eigenvalue weighted by Gasteiger charge is -2.46. The molecule has 2 aromatic rings. The van der Waals surface area contributed by atoms with Crippen molar-refractivity contribution in [3.63, 3.8) is 0 Å². The second kappa shape index (κ2) is 19.4. The summed E-state index contributed by atoms with van der Waals surface area (Å²) in [4.78, 5) is 18.4. The van der Waals surface area contributed by atoms with E-state index in [-0.39, 0.29) is 22.3 Å². The summed E-state index contributed by atoms with van der Waals surface area (Å²) in [6, 6.07) is 21.6. The number of hydrogen-bond acceptors (Lipinski definition) is 6. The monoisotopic (exact) mass is 724 g/mol. The van der Waals surface area contributed by atoms with Gasteiger partial charge in [-0.25, -0.2) is 9.37 Å². The van der Waals surface area contributed by atoms with Crippen LogP contribution in [0.4, 0.5) is 0 Å². The second-order valence-electron chi connectivity index (χ2n) is 15.7. The summed E-state index contributed by atoms with van der Waals surface area (Å²) < 4.78 is 20.0. The average molecular weight is 725 g/mol. The van der Waals surface area contributed by atoms with E-state index in [1.54, 1.807) is 18.7 Å². The minimum Gasteiger partial charge on any atom is -0.401 e. The molecular weight excluding hydrogens is 661 g/mol. The number of rotatable bonds is 18. The highest BCUT2D eigenvalue weighted by Crippen LogP contribution is 2.39. The van der Waals surface area contributed by atoms with E-state index >= 15 is 0 Å². The van der Waals surface area contributed by atoms with Crippen molar-refractivity contribution in [3.8, 4) is 0 Å². The highest BCUT2D eigenvalue weighted by molar-refractivity contribution is 7.98. The summed E-state index contributed by atoms with van der Waals surface area (Å²) in [5, 5.41) is 2.25. The Morgan fingerprint density at radius 2 is 1.41 bits per heavy atom.